The third kappa shape index (κ3) is 4.08. The molecule has 2 fully saturated rings. The first-order valence-electron chi connectivity index (χ1n) is 12.0. The lowest BCUT2D eigenvalue weighted by molar-refractivity contribution is -0.0204. The van der Waals surface area contributed by atoms with Crippen LogP contribution in [0.3, 0.4) is 0 Å². The van der Waals surface area contributed by atoms with E-state index in [1.165, 1.54) is 18.9 Å². The number of hydrogen-bond acceptors (Lipinski definition) is 6. The van der Waals surface area contributed by atoms with Crippen molar-refractivity contribution in [2.24, 2.45) is 0 Å². The minimum atomic E-state index is -0.453. The minimum Gasteiger partial charge on any atom is -0.373 e. The second-order valence-corrected chi connectivity index (χ2v) is 10.4. The van der Waals surface area contributed by atoms with Gasteiger partial charge in [-0.05, 0) is 57.7 Å². The van der Waals surface area contributed by atoms with Gasteiger partial charge in [0.25, 0.3) is 0 Å². The molecule has 4 heterocycles. The molecule has 6 rings (SSSR count). The van der Waals surface area contributed by atoms with E-state index in [0.717, 1.165) is 23.4 Å². The van der Waals surface area contributed by atoms with Crippen molar-refractivity contribution in [1.29, 1.82) is 0 Å². The van der Waals surface area contributed by atoms with Crippen molar-refractivity contribution in [2.75, 3.05) is 6.61 Å². The van der Waals surface area contributed by atoms with E-state index < -0.39 is 11.2 Å². The van der Waals surface area contributed by atoms with Crippen LogP contribution in [0.25, 0.3) is 22.4 Å². The van der Waals surface area contributed by atoms with Gasteiger partial charge in [0.15, 0.2) is 5.65 Å². The number of nitrogens with zero attached hydrogens (tertiary/aromatic N) is 6. The Morgan fingerprint density at radius 3 is 2.69 bits per heavy atom. The molecule has 2 atom stereocenters. The van der Waals surface area contributed by atoms with Crippen molar-refractivity contribution in [3.05, 3.63) is 64.2 Å². The number of fused-ring (bicyclic) bond motifs is 1. The van der Waals surface area contributed by atoms with Crippen LogP contribution < -0.4 is 0 Å². The summed E-state index contributed by atoms with van der Waals surface area (Å²) in [4.78, 5) is 19.2. The van der Waals surface area contributed by atoms with Crippen molar-refractivity contribution in [2.45, 2.75) is 64.0 Å². The summed E-state index contributed by atoms with van der Waals surface area (Å²) in [6.07, 6.45) is 7.69. The quantitative estimate of drug-likeness (QED) is 0.356. The van der Waals surface area contributed by atoms with Crippen molar-refractivity contribution in [3.63, 3.8) is 0 Å². The summed E-state index contributed by atoms with van der Waals surface area (Å²) in [5.74, 6) is 0.167. The van der Waals surface area contributed by atoms with Crippen LogP contribution in [0.5, 0.6) is 0 Å². The Bertz CT molecular complexity index is 1450. The first-order chi connectivity index (χ1) is 16.8. The van der Waals surface area contributed by atoms with Gasteiger partial charge in [0.05, 0.1) is 29.7 Å². The number of hydrogen-bond donors (Lipinski definition) is 0. The van der Waals surface area contributed by atoms with Gasteiger partial charge in [-0.3, -0.25) is 4.68 Å². The van der Waals surface area contributed by atoms with E-state index in [2.05, 4.69) is 23.2 Å². The van der Waals surface area contributed by atoms with Gasteiger partial charge in [-0.2, -0.15) is 5.10 Å². The van der Waals surface area contributed by atoms with Crippen molar-refractivity contribution < 1.29 is 9.13 Å². The van der Waals surface area contributed by atoms with Crippen LogP contribution in [0.1, 0.15) is 67.5 Å². The first-order valence-corrected chi connectivity index (χ1v) is 12.3. The lowest BCUT2D eigenvalue weighted by Gasteiger charge is -2.37. The summed E-state index contributed by atoms with van der Waals surface area (Å²) >= 11 is 6.02. The average Bonchev–Trinajstić information content (AvgIpc) is 3.56. The molecule has 0 radical (unpaired) electrons. The Morgan fingerprint density at radius 2 is 1.91 bits per heavy atom. The molecule has 0 unspecified atom stereocenters. The second-order valence-electron chi connectivity index (χ2n) is 9.95. The molecule has 35 heavy (non-hydrogen) atoms. The molecule has 3 aromatic heterocycles. The van der Waals surface area contributed by atoms with E-state index in [4.69, 9.17) is 31.3 Å². The lowest BCUT2D eigenvalue weighted by Crippen LogP contribution is -2.34. The van der Waals surface area contributed by atoms with Crippen LogP contribution in [0.2, 0.25) is 5.02 Å². The van der Waals surface area contributed by atoms with Crippen LogP contribution in [0.4, 0.5) is 4.39 Å². The molecule has 7 nitrogen and oxygen atoms in total. The van der Waals surface area contributed by atoms with Gasteiger partial charge in [-0.25, -0.2) is 24.3 Å². The van der Waals surface area contributed by atoms with Crippen LogP contribution in [-0.4, -0.2) is 36.3 Å². The van der Waals surface area contributed by atoms with Crippen molar-refractivity contribution in [3.8, 4) is 11.3 Å². The monoisotopic (exact) mass is 492 g/mol. The maximum absolute atomic E-state index is 15.0. The summed E-state index contributed by atoms with van der Waals surface area (Å²) in [7, 11) is 0. The molecular weight excluding hydrogens is 467 g/mol. The Morgan fingerprint density at radius 1 is 1.11 bits per heavy atom. The highest BCUT2D eigenvalue weighted by Gasteiger charge is 2.39. The fourth-order valence-corrected chi connectivity index (χ4v) is 4.88. The van der Waals surface area contributed by atoms with E-state index in [1.807, 2.05) is 24.7 Å². The van der Waals surface area contributed by atoms with Crippen molar-refractivity contribution in [1.82, 2.24) is 29.7 Å². The SMILES string of the molecule is Cc1nc2nc([C@@]3(C)CCO[C@@H](c4cnn(C5CC5)c4)C3)nc(-c3ccc(Cl)cc3F)c2nc1C. The summed E-state index contributed by atoms with van der Waals surface area (Å²) in [6, 6.07) is 5.11. The zero-order valence-corrected chi connectivity index (χ0v) is 20.7. The zero-order valence-electron chi connectivity index (χ0n) is 19.9. The summed E-state index contributed by atoms with van der Waals surface area (Å²) in [5.41, 5.74) is 3.93. The number of benzene rings is 1. The fraction of sp³-hybridized carbons (Fsp3) is 0.423. The highest BCUT2D eigenvalue weighted by atomic mass is 35.5. The number of aryl methyl sites for hydroxylation is 2. The normalized spacial score (nSPS) is 22.6. The Labute approximate surface area is 207 Å². The minimum absolute atomic E-state index is 0.109. The van der Waals surface area contributed by atoms with Gasteiger partial charge in [0.2, 0.25) is 0 Å². The number of ether oxygens (including phenoxy) is 1. The van der Waals surface area contributed by atoms with E-state index in [1.54, 1.807) is 12.1 Å². The predicted molar refractivity (Wildman–Crippen MR) is 131 cm³/mol. The fourth-order valence-electron chi connectivity index (χ4n) is 4.72. The Balaban J connectivity index is 1.45. The van der Waals surface area contributed by atoms with Crippen LogP contribution in [-0.2, 0) is 10.2 Å². The molecule has 0 bridgehead atoms. The third-order valence-corrected chi connectivity index (χ3v) is 7.43. The molecule has 0 spiro atoms. The lowest BCUT2D eigenvalue weighted by atomic mass is 9.77. The molecule has 1 aliphatic carbocycles. The van der Waals surface area contributed by atoms with E-state index in [-0.39, 0.29) is 6.10 Å². The number of aromatic nitrogens is 6. The van der Waals surface area contributed by atoms with Gasteiger partial charge in [-0.15, -0.1) is 0 Å². The zero-order chi connectivity index (χ0) is 24.3. The highest BCUT2D eigenvalue weighted by molar-refractivity contribution is 6.30. The molecule has 1 aromatic carbocycles. The van der Waals surface area contributed by atoms with Crippen LogP contribution >= 0.6 is 11.6 Å². The molecule has 180 valence electrons. The summed E-state index contributed by atoms with van der Waals surface area (Å²) < 4.78 is 23.2. The van der Waals surface area contributed by atoms with Gasteiger partial charge >= 0.3 is 0 Å². The van der Waals surface area contributed by atoms with Gasteiger partial charge < -0.3 is 4.74 Å². The standard InChI is InChI=1S/C26H26ClFN6O/c1-14-15(2)31-24-23(30-14)22(19-7-4-17(27)10-20(19)28)32-25(33-24)26(3)8-9-35-21(11-26)16-12-29-34(13-16)18-5-6-18/h4,7,10,12-13,18,21H,5-6,8-9,11H2,1-3H3/t21-,26+/m1/s1. The largest absolute Gasteiger partial charge is 0.373 e. The van der Waals surface area contributed by atoms with Gasteiger partial charge in [0, 0.05) is 34.4 Å². The Kier molecular flexibility index (Phi) is 5.34. The third-order valence-electron chi connectivity index (χ3n) is 7.19. The van der Waals surface area contributed by atoms with Crippen LogP contribution in [0.15, 0.2) is 30.6 Å². The van der Waals surface area contributed by atoms with E-state index >= 15 is 4.39 Å². The topological polar surface area (TPSA) is 78.6 Å². The summed E-state index contributed by atoms with van der Waals surface area (Å²) in [6.45, 7) is 6.49. The predicted octanol–water partition coefficient (Wildman–Crippen LogP) is 5.84. The average molecular weight is 493 g/mol. The molecule has 1 aliphatic heterocycles. The van der Waals surface area contributed by atoms with Gasteiger partial charge in [-0.1, -0.05) is 18.5 Å². The molecule has 2 aliphatic rings. The maximum Gasteiger partial charge on any atom is 0.182 e. The first kappa shape index (κ1) is 22.5. The molecular formula is C26H26ClFN6O. The summed E-state index contributed by atoms with van der Waals surface area (Å²) in [5, 5.41) is 4.87. The van der Waals surface area contributed by atoms with Gasteiger partial charge in [0.1, 0.15) is 22.9 Å². The molecule has 1 saturated heterocycles. The molecule has 0 amide bonds. The number of rotatable bonds is 4. The van der Waals surface area contributed by atoms with E-state index in [0.29, 0.717) is 52.3 Å². The Hall–Kier alpha value is -2.97. The van der Waals surface area contributed by atoms with E-state index in [9.17, 15) is 0 Å². The van der Waals surface area contributed by atoms with Crippen LogP contribution in [0, 0.1) is 19.7 Å². The molecule has 4 aromatic rings. The smallest absolute Gasteiger partial charge is 0.182 e. The highest BCUT2D eigenvalue weighted by Crippen LogP contribution is 2.43. The molecule has 0 N–H and O–H groups in total. The second kappa shape index (κ2) is 8.31. The maximum atomic E-state index is 15.0. The molecule has 1 saturated carbocycles. The van der Waals surface area contributed by atoms with Crippen molar-refractivity contribution >= 4 is 22.8 Å². The number of halogens is 2. The molecule has 9 heteroatoms.